The normalized spacial score (nSPS) is 15.8. The van der Waals surface area contributed by atoms with Crippen molar-refractivity contribution in [1.29, 1.82) is 0 Å². The van der Waals surface area contributed by atoms with Crippen LogP contribution in [-0.4, -0.2) is 65.6 Å². The molecule has 0 radical (unpaired) electrons. The molecule has 2 aromatic rings. The molecule has 1 aliphatic heterocycles. The Kier molecular flexibility index (Phi) is 9.52. The summed E-state index contributed by atoms with van der Waals surface area (Å²) in [6.07, 6.45) is 0. The molecule has 2 aromatic heterocycles. The van der Waals surface area contributed by atoms with Crippen molar-refractivity contribution in [2.75, 3.05) is 39.8 Å². The minimum atomic E-state index is 0. The van der Waals surface area contributed by atoms with Crippen LogP contribution in [0.4, 0.5) is 0 Å². The number of thiophene rings is 1. The summed E-state index contributed by atoms with van der Waals surface area (Å²) in [6.45, 7) is 6.47. The highest BCUT2D eigenvalue weighted by Crippen LogP contribution is 2.21. The van der Waals surface area contributed by atoms with Gasteiger partial charge in [0.05, 0.1) is 11.4 Å². The molecule has 0 aromatic carbocycles. The third kappa shape index (κ3) is 5.65. The standard InChI is InChI=1S/C16H23N5O2S.2ClH/c1-12(10-17-2)16(22)21-7-5-20(6-8-21)11-14-18-15(19-23-14)13-4-3-9-24-13;;/h3-4,9,12,17H,5-8,10-11H2,1-2H3;2*1H. The minimum absolute atomic E-state index is 0. The van der Waals surface area contributed by atoms with Crippen LogP contribution < -0.4 is 5.32 Å². The molecule has 26 heavy (non-hydrogen) atoms. The zero-order valence-electron chi connectivity index (χ0n) is 14.9. The van der Waals surface area contributed by atoms with E-state index in [4.69, 9.17) is 4.52 Å². The summed E-state index contributed by atoms with van der Waals surface area (Å²) in [5.41, 5.74) is 0. The molecule has 3 heterocycles. The van der Waals surface area contributed by atoms with E-state index in [0.717, 1.165) is 31.1 Å². The van der Waals surface area contributed by atoms with Crippen LogP contribution in [0.5, 0.6) is 0 Å². The summed E-state index contributed by atoms with van der Waals surface area (Å²) in [6, 6.07) is 3.96. The number of halogens is 2. The third-order valence-corrected chi connectivity index (χ3v) is 5.05. The van der Waals surface area contributed by atoms with Gasteiger partial charge in [-0.3, -0.25) is 9.69 Å². The molecule has 0 spiro atoms. The summed E-state index contributed by atoms with van der Waals surface area (Å²) in [5, 5.41) is 9.09. The van der Waals surface area contributed by atoms with Crippen LogP contribution in [0.1, 0.15) is 12.8 Å². The van der Waals surface area contributed by atoms with Crippen molar-refractivity contribution in [2.24, 2.45) is 5.92 Å². The Morgan fingerprint density at radius 2 is 2.08 bits per heavy atom. The number of hydrogen-bond acceptors (Lipinski definition) is 7. The molecule has 10 heteroatoms. The summed E-state index contributed by atoms with van der Waals surface area (Å²) in [4.78, 5) is 22.0. The zero-order chi connectivity index (χ0) is 16.9. The lowest BCUT2D eigenvalue weighted by atomic mass is 10.1. The molecule has 1 amide bonds. The van der Waals surface area contributed by atoms with Gasteiger partial charge in [-0.1, -0.05) is 18.1 Å². The van der Waals surface area contributed by atoms with Gasteiger partial charge >= 0.3 is 0 Å². The maximum absolute atomic E-state index is 12.3. The number of amides is 1. The maximum Gasteiger partial charge on any atom is 0.241 e. The van der Waals surface area contributed by atoms with Gasteiger partial charge in [-0.15, -0.1) is 36.2 Å². The summed E-state index contributed by atoms with van der Waals surface area (Å²) < 4.78 is 5.35. The van der Waals surface area contributed by atoms with Crippen LogP contribution in [-0.2, 0) is 11.3 Å². The fourth-order valence-corrected chi connectivity index (χ4v) is 3.50. The van der Waals surface area contributed by atoms with Crippen LogP contribution in [0, 0.1) is 5.92 Å². The summed E-state index contributed by atoms with van der Waals surface area (Å²) in [5.74, 6) is 1.52. The quantitative estimate of drug-likeness (QED) is 0.769. The highest BCUT2D eigenvalue weighted by Gasteiger charge is 2.25. The number of aromatic nitrogens is 2. The van der Waals surface area contributed by atoms with Gasteiger partial charge in [0, 0.05) is 38.6 Å². The van der Waals surface area contributed by atoms with Crippen LogP contribution in [0.25, 0.3) is 10.7 Å². The van der Waals surface area contributed by atoms with E-state index in [2.05, 4.69) is 20.4 Å². The van der Waals surface area contributed by atoms with E-state index >= 15 is 0 Å². The second kappa shape index (κ2) is 10.8. The SMILES string of the molecule is CNCC(C)C(=O)N1CCN(Cc2nc(-c3cccs3)no2)CC1.Cl.Cl. The second-order valence-corrected chi connectivity index (χ2v) is 7.00. The van der Waals surface area contributed by atoms with Crippen molar-refractivity contribution in [1.82, 2.24) is 25.3 Å². The van der Waals surface area contributed by atoms with Crippen molar-refractivity contribution in [2.45, 2.75) is 13.5 Å². The van der Waals surface area contributed by atoms with Crippen LogP contribution in [0.15, 0.2) is 22.0 Å². The fraction of sp³-hybridized carbons (Fsp3) is 0.562. The number of carbonyl (C=O) groups excluding carboxylic acids is 1. The maximum atomic E-state index is 12.3. The smallest absolute Gasteiger partial charge is 0.241 e. The Hall–Kier alpha value is -1.19. The van der Waals surface area contributed by atoms with Gasteiger partial charge in [0.15, 0.2) is 0 Å². The molecular weight excluding hydrogens is 397 g/mol. The first-order valence-electron chi connectivity index (χ1n) is 8.19. The van der Waals surface area contributed by atoms with Gasteiger partial charge in [0.2, 0.25) is 17.6 Å². The molecular formula is C16H25Cl2N5O2S. The highest BCUT2D eigenvalue weighted by molar-refractivity contribution is 7.13. The molecule has 0 saturated carbocycles. The molecule has 1 aliphatic rings. The minimum Gasteiger partial charge on any atom is -0.340 e. The Bertz CT molecular complexity index is 659. The van der Waals surface area contributed by atoms with E-state index in [1.807, 2.05) is 36.4 Å². The molecule has 0 aliphatic carbocycles. The molecule has 3 rings (SSSR count). The van der Waals surface area contributed by atoms with E-state index in [1.165, 1.54) is 0 Å². The number of rotatable bonds is 6. The Morgan fingerprint density at radius 1 is 1.35 bits per heavy atom. The predicted octanol–water partition coefficient (Wildman–Crippen LogP) is 2.14. The Balaban J connectivity index is 0.00000169. The van der Waals surface area contributed by atoms with Crippen molar-refractivity contribution in [3.05, 3.63) is 23.4 Å². The van der Waals surface area contributed by atoms with E-state index in [-0.39, 0.29) is 36.6 Å². The summed E-state index contributed by atoms with van der Waals surface area (Å²) >= 11 is 1.60. The Morgan fingerprint density at radius 3 is 2.69 bits per heavy atom. The van der Waals surface area contributed by atoms with Crippen molar-refractivity contribution >= 4 is 42.1 Å². The number of carbonyl (C=O) groups is 1. The average Bonchev–Trinajstić information content (AvgIpc) is 3.26. The van der Waals surface area contributed by atoms with Gasteiger partial charge in [-0.05, 0) is 18.5 Å². The van der Waals surface area contributed by atoms with Crippen LogP contribution in [0.3, 0.4) is 0 Å². The lowest BCUT2D eigenvalue weighted by Crippen LogP contribution is -2.50. The fourth-order valence-electron chi connectivity index (χ4n) is 2.85. The van der Waals surface area contributed by atoms with Crippen molar-refractivity contribution < 1.29 is 9.32 Å². The van der Waals surface area contributed by atoms with E-state index in [0.29, 0.717) is 24.8 Å². The largest absolute Gasteiger partial charge is 0.340 e. The van der Waals surface area contributed by atoms with E-state index in [9.17, 15) is 4.79 Å². The number of nitrogens with one attached hydrogen (secondary N) is 1. The van der Waals surface area contributed by atoms with Crippen molar-refractivity contribution in [3.63, 3.8) is 0 Å². The average molecular weight is 422 g/mol. The van der Waals surface area contributed by atoms with E-state index in [1.54, 1.807) is 11.3 Å². The lowest BCUT2D eigenvalue weighted by Gasteiger charge is -2.35. The van der Waals surface area contributed by atoms with Crippen molar-refractivity contribution in [3.8, 4) is 10.7 Å². The first-order chi connectivity index (χ1) is 11.7. The third-order valence-electron chi connectivity index (χ3n) is 4.18. The summed E-state index contributed by atoms with van der Waals surface area (Å²) in [7, 11) is 1.87. The first kappa shape index (κ1) is 22.9. The monoisotopic (exact) mass is 421 g/mol. The molecule has 1 saturated heterocycles. The second-order valence-electron chi connectivity index (χ2n) is 6.05. The van der Waals surface area contributed by atoms with Gasteiger partial charge in [-0.25, -0.2) is 0 Å². The van der Waals surface area contributed by atoms with Gasteiger partial charge in [0.25, 0.3) is 0 Å². The number of nitrogens with zero attached hydrogens (tertiary/aromatic N) is 4. The molecule has 1 N–H and O–H groups in total. The number of hydrogen-bond donors (Lipinski definition) is 1. The Labute approximate surface area is 169 Å². The molecule has 1 atom stereocenters. The number of piperazine rings is 1. The van der Waals surface area contributed by atoms with Gasteiger partial charge < -0.3 is 14.7 Å². The first-order valence-corrected chi connectivity index (χ1v) is 9.07. The molecule has 1 fully saturated rings. The lowest BCUT2D eigenvalue weighted by molar-refractivity contribution is -0.136. The van der Waals surface area contributed by atoms with Gasteiger partial charge in [-0.2, -0.15) is 4.98 Å². The van der Waals surface area contributed by atoms with Crippen LogP contribution >= 0.6 is 36.2 Å². The molecule has 146 valence electrons. The predicted molar refractivity (Wildman–Crippen MR) is 107 cm³/mol. The zero-order valence-corrected chi connectivity index (χ0v) is 17.3. The molecule has 1 unspecified atom stereocenters. The molecule has 0 bridgehead atoms. The topological polar surface area (TPSA) is 74.5 Å². The van der Waals surface area contributed by atoms with Gasteiger partial charge in [0.1, 0.15) is 0 Å². The van der Waals surface area contributed by atoms with Crippen LogP contribution in [0.2, 0.25) is 0 Å². The van der Waals surface area contributed by atoms with E-state index < -0.39 is 0 Å². The molecule has 7 nitrogen and oxygen atoms in total. The highest BCUT2D eigenvalue weighted by atomic mass is 35.5.